The second kappa shape index (κ2) is 9.48. The third-order valence-corrected chi connectivity index (χ3v) is 7.19. The Morgan fingerprint density at radius 1 is 1.08 bits per heavy atom. The molecule has 0 saturated carbocycles. The normalized spacial score (nSPS) is 17.4. The second-order valence-corrected chi connectivity index (χ2v) is 9.43. The van der Waals surface area contributed by atoms with Gasteiger partial charge >= 0.3 is 0 Å². The summed E-state index contributed by atoms with van der Waals surface area (Å²) in [6.45, 7) is 2.44. The number of nitrogens with zero attached hydrogens (tertiary/aromatic N) is 3. The molecule has 36 heavy (non-hydrogen) atoms. The van der Waals surface area contributed by atoms with Crippen LogP contribution in [0.4, 0.5) is 5.69 Å². The van der Waals surface area contributed by atoms with E-state index < -0.39 is 0 Å². The zero-order chi connectivity index (χ0) is 24.5. The molecule has 2 N–H and O–H groups in total. The number of hydrogen-bond donors (Lipinski definition) is 2. The van der Waals surface area contributed by atoms with Crippen molar-refractivity contribution in [2.45, 2.75) is 25.3 Å². The summed E-state index contributed by atoms with van der Waals surface area (Å²) in [7, 11) is 0. The van der Waals surface area contributed by atoms with Crippen molar-refractivity contribution in [3.8, 4) is 17.3 Å². The summed E-state index contributed by atoms with van der Waals surface area (Å²) in [5.41, 5.74) is 7.75. The number of nitrogens with one attached hydrogen (secondary N) is 2. The first-order valence-corrected chi connectivity index (χ1v) is 12.4. The van der Waals surface area contributed by atoms with Gasteiger partial charge in [-0.15, -0.1) is 0 Å². The van der Waals surface area contributed by atoms with Crippen LogP contribution in [0.15, 0.2) is 60.7 Å². The van der Waals surface area contributed by atoms with Crippen molar-refractivity contribution >= 4 is 22.5 Å². The number of aryl methyl sites for hydroxylation is 1. The molecule has 180 valence electrons. The molecular weight excluding hydrogens is 450 g/mol. The summed E-state index contributed by atoms with van der Waals surface area (Å²) in [5.74, 6) is 0.0397. The summed E-state index contributed by atoms with van der Waals surface area (Å²) in [6.07, 6.45) is 3.15. The third-order valence-electron chi connectivity index (χ3n) is 7.19. The number of H-pyrrole nitrogens is 1. The number of aromatic nitrogens is 2. The highest BCUT2D eigenvalue weighted by Crippen LogP contribution is 2.35. The van der Waals surface area contributed by atoms with Gasteiger partial charge in [-0.3, -0.25) is 9.89 Å². The number of morpholine rings is 1. The lowest BCUT2D eigenvalue weighted by atomic mass is 9.86. The van der Waals surface area contributed by atoms with Crippen LogP contribution in [-0.4, -0.2) is 47.3 Å². The van der Waals surface area contributed by atoms with E-state index in [1.54, 1.807) is 0 Å². The van der Waals surface area contributed by atoms with Gasteiger partial charge in [-0.2, -0.15) is 10.4 Å². The molecule has 2 heterocycles. The number of nitriles is 1. The van der Waals surface area contributed by atoms with Crippen LogP contribution in [0.1, 0.15) is 45.9 Å². The van der Waals surface area contributed by atoms with Crippen molar-refractivity contribution in [2.75, 3.05) is 31.6 Å². The summed E-state index contributed by atoms with van der Waals surface area (Å²) in [6, 6.07) is 22.4. The molecule has 0 spiro atoms. The molecule has 1 fully saturated rings. The van der Waals surface area contributed by atoms with E-state index in [9.17, 15) is 10.1 Å². The monoisotopic (exact) mass is 477 g/mol. The van der Waals surface area contributed by atoms with Crippen LogP contribution >= 0.6 is 0 Å². The van der Waals surface area contributed by atoms with Gasteiger partial charge in [-0.1, -0.05) is 18.2 Å². The molecule has 7 heteroatoms. The van der Waals surface area contributed by atoms with Gasteiger partial charge in [0.1, 0.15) is 0 Å². The molecule has 1 amide bonds. The van der Waals surface area contributed by atoms with Crippen molar-refractivity contribution in [3.63, 3.8) is 0 Å². The van der Waals surface area contributed by atoms with Gasteiger partial charge in [0, 0.05) is 35.3 Å². The SMILES string of the molecule is N#Cc1ccc2c(c1)CCC[C@@H]2Nc1ccc2[nH]nc(-c3ccc(C(=O)N4CCOCC4)cc3)c2c1. The Bertz CT molecular complexity index is 1460. The smallest absolute Gasteiger partial charge is 0.254 e. The number of rotatable bonds is 4. The number of carbonyl (C=O) groups is 1. The Balaban J connectivity index is 1.25. The molecule has 3 aromatic carbocycles. The maximum atomic E-state index is 12.8. The highest BCUT2D eigenvalue weighted by atomic mass is 16.5. The maximum absolute atomic E-state index is 12.8. The molecule has 7 nitrogen and oxygen atoms in total. The molecule has 0 unspecified atom stereocenters. The van der Waals surface area contributed by atoms with E-state index in [0.717, 1.165) is 52.7 Å². The zero-order valence-corrected chi connectivity index (χ0v) is 20.0. The van der Waals surface area contributed by atoms with Gasteiger partial charge in [-0.25, -0.2) is 0 Å². The van der Waals surface area contributed by atoms with Crippen LogP contribution in [0.2, 0.25) is 0 Å². The fourth-order valence-electron chi connectivity index (χ4n) is 5.28. The van der Waals surface area contributed by atoms with E-state index in [1.165, 1.54) is 11.1 Å². The molecule has 6 rings (SSSR count). The summed E-state index contributed by atoms with van der Waals surface area (Å²) in [5, 5.41) is 21.7. The van der Waals surface area contributed by atoms with Crippen LogP contribution < -0.4 is 5.32 Å². The molecule has 2 aliphatic rings. The minimum Gasteiger partial charge on any atom is -0.378 e. The first-order chi connectivity index (χ1) is 17.7. The highest BCUT2D eigenvalue weighted by Gasteiger charge is 2.21. The average Bonchev–Trinajstić information content (AvgIpc) is 3.36. The number of carbonyl (C=O) groups excluding carboxylic acids is 1. The van der Waals surface area contributed by atoms with Crippen molar-refractivity contribution in [1.82, 2.24) is 15.1 Å². The molecule has 0 bridgehead atoms. The summed E-state index contributed by atoms with van der Waals surface area (Å²) >= 11 is 0. The van der Waals surface area contributed by atoms with Crippen LogP contribution in [-0.2, 0) is 11.2 Å². The van der Waals surface area contributed by atoms with E-state index in [4.69, 9.17) is 4.74 Å². The van der Waals surface area contributed by atoms with Gasteiger partial charge < -0.3 is 15.0 Å². The number of hydrogen-bond acceptors (Lipinski definition) is 5. The number of benzene rings is 3. The van der Waals surface area contributed by atoms with Crippen LogP contribution in [0.25, 0.3) is 22.2 Å². The van der Waals surface area contributed by atoms with Gasteiger partial charge in [0.2, 0.25) is 0 Å². The lowest BCUT2D eigenvalue weighted by Crippen LogP contribution is -2.40. The molecule has 1 saturated heterocycles. The van der Waals surface area contributed by atoms with Gasteiger partial charge in [0.05, 0.1) is 42.1 Å². The summed E-state index contributed by atoms with van der Waals surface area (Å²) in [4.78, 5) is 14.6. The predicted octanol–water partition coefficient (Wildman–Crippen LogP) is 5.06. The average molecular weight is 478 g/mol. The fourth-order valence-corrected chi connectivity index (χ4v) is 5.28. The fraction of sp³-hybridized carbons (Fsp3) is 0.276. The number of aromatic amines is 1. The van der Waals surface area contributed by atoms with Crippen molar-refractivity contribution < 1.29 is 9.53 Å². The van der Waals surface area contributed by atoms with Gasteiger partial charge in [0.15, 0.2) is 0 Å². The number of ether oxygens (including phenoxy) is 1. The minimum atomic E-state index is 0.0397. The first-order valence-electron chi connectivity index (χ1n) is 12.4. The van der Waals surface area contributed by atoms with E-state index in [-0.39, 0.29) is 11.9 Å². The zero-order valence-electron chi connectivity index (χ0n) is 20.0. The van der Waals surface area contributed by atoms with Crippen molar-refractivity contribution in [3.05, 3.63) is 82.9 Å². The van der Waals surface area contributed by atoms with E-state index >= 15 is 0 Å². The minimum absolute atomic E-state index is 0.0397. The Hall–Kier alpha value is -4.15. The molecule has 1 aliphatic heterocycles. The molecule has 1 aliphatic carbocycles. The predicted molar refractivity (Wildman–Crippen MR) is 139 cm³/mol. The largest absolute Gasteiger partial charge is 0.378 e. The Kier molecular flexibility index (Phi) is 5.88. The lowest BCUT2D eigenvalue weighted by molar-refractivity contribution is 0.0303. The Morgan fingerprint density at radius 2 is 1.92 bits per heavy atom. The Labute approximate surface area is 209 Å². The maximum Gasteiger partial charge on any atom is 0.254 e. The van der Waals surface area contributed by atoms with Gasteiger partial charge in [0.25, 0.3) is 5.91 Å². The summed E-state index contributed by atoms with van der Waals surface area (Å²) < 4.78 is 5.36. The van der Waals surface area contributed by atoms with Crippen LogP contribution in [0.5, 0.6) is 0 Å². The quantitative estimate of drug-likeness (QED) is 0.428. The number of fused-ring (bicyclic) bond motifs is 2. The molecule has 0 radical (unpaired) electrons. The number of anilines is 1. The van der Waals surface area contributed by atoms with Crippen LogP contribution in [0, 0.1) is 11.3 Å². The Morgan fingerprint density at radius 3 is 2.72 bits per heavy atom. The van der Waals surface area contributed by atoms with E-state index in [2.05, 4.69) is 39.8 Å². The number of amides is 1. The van der Waals surface area contributed by atoms with E-state index in [0.29, 0.717) is 31.9 Å². The van der Waals surface area contributed by atoms with E-state index in [1.807, 2.05) is 47.4 Å². The lowest BCUT2D eigenvalue weighted by Gasteiger charge is -2.27. The third kappa shape index (κ3) is 4.21. The first kappa shape index (κ1) is 22.3. The molecule has 1 atom stereocenters. The molecule has 4 aromatic rings. The molecular formula is C29H27N5O2. The standard InChI is InChI=1S/C29H27N5O2/c30-18-19-4-10-24-22(16-19)2-1-3-26(24)31-23-9-11-27-25(17-23)28(33-32-27)20-5-7-21(8-6-20)29(35)34-12-14-36-15-13-34/h4-11,16-17,26,31H,1-3,12-15H2,(H,32,33)/t26-/m0/s1. The molecule has 1 aromatic heterocycles. The highest BCUT2D eigenvalue weighted by molar-refractivity contribution is 5.97. The topological polar surface area (TPSA) is 94.0 Å². The van der Waals surface area contributed by atoms with Crippen molar-refractivity contribution in [1.29, 1.82) is 5.26 Å². The van der Waals surface area contributed by atoms with Crippen molar-refractivity contribution in [2.24, 2.45) is 0 Å². The van der Waals surface area contributed by atoms with Crippen LogP contribution in [0.3, 0.4) is 0 Å². The van der Waals surface area contributed by atoms with Gasteiger partial charge in [-0.05, 0) is 72.9 Å². The second-order valence-electron chi connectivity index (χ2n) is 9.43.